The van der Waals surface area contributed by atoms with Crippen molar-refractivity contribution in [3.63, 3.8) is 0 Å². The molecule has 0 aliphatic carbocycles. The highest BCUT2D eigenvalue weighted by atomic mass is 32.2. The summed E-state index contributed by atoms with van der Waals surface area (Å²) in [5, 5.41) is 12.4. The molecule has 0 heterocycles. The zero-order chi connectivity index (χ0) is 15.2. The average molecular weight is 301 g/mol. The first-order valence-electron chi connectivity index (χ1n) is 6.87. The Bertz CT molecular complexity index is 626. The summed E-state index contributed by atoms with van der Waals surface area (Å²) in [4.78, 5) is 13.4. The molecule has 2 N–H and O–H groups in total. The molecular formula is C17H19NO2S. The Hall–Kier alpha value is -1.78. The van der Waals surface area contributed by atoms with E-state index in [1.54, 1.807) is 17.8 Å². The first-order chi connectivity index (χ1) is 10.1. The Morgan fingerprint density at radius 1 is 1.19 bits per heavy atom. The van der Waals surface area contributed by atoms with Crippen molar-refractivity contribution >= 4 is 23.4 Å². The van der Waals surface area contributed by atoms with Gasteiger partial charge in [-0.05, 0) is 29.8 Å². The zero-order valence-electron chi connectivity index (χ0n) is 12.2. The second kappa shape index (κ2) is 7.29. The van der Waals surface area contributed by atoms with Gasteiger partial charge < -0.3 is 10.4 Å². The minimum atomic E-state index is -0.131. The zero-order valence-corrected chi connectivity index (χ0v) is 13.0. The van der Waals surface area contributed by atoms with Gasteiger partial charge in [0.25, 0.3) is 5.91 Å². The number of nitrogens with one attached hydrogen (secondary N) is 1. The number of amides is 1. The molecule has 4 heteroatoms. The van der Waals surface area contributed by atoms with E-state index in [1.165, 1.54) is 0 Å². The molecule has 0 aliphatic heterocycles. The van der Waals surface area contributed by atoms with Gasteiger partial charge in [-0.15, -0.1) is 11.8 Å². The fourth-order valence-corrected chi connectivity index (χ4v) is 2.91. The number of aliphatic hydroxyl groups excluding tert-OH is 1. The molecule has 0 saturated carbocycles. The lowest BCUT2D eigenvalue weighted by Gasteiger charge is -2.12. The summed E-state index contributed by atoms with van der Waals surface area (Å²) in [5.41, 5.74) is 2.14. The van der Waals surface area contributed by atoms with Crippen LogP contribution in [-0.2, 0) is 6.61 Å². The van der Waals surface area contributed by atoms with Crippen LogP contribution in [0.3, 0.4) is 0 Å². The number of hydrogen-bond acceptors (Lipinski definition) is 3. The van der Waals surface area contributed by atoms with Crippen molar-refractivity contribution in [2.24, 2.45) is 0 Å². The predicted molar refractivity (Wildman–Crippen MR) is 87.8 cm³/mol. The Kier molecular flexibility index (Phi) is 5.42. The van der Waals surface area contributed by atoms with Crippen LogP contribution < -0.4 is 5.32 Å². The number of carbonyl (C=O) groups is 1. The fraction of sp³-hybridized carbons (Fsp3) is 0.235. The third-order valence-corrected chi connectivity index (χ3v) is 3.94. The number of carbonyl (C=O) groups excluding carboxylic acids is 1. The first kappa shape index (κ1) is 15.6. The van der Waals surface area contributed by atoms with E-state index in [1.807, 2.05) is 42.5 Å². The van der Waals surface area contributed by atoms with Crippen LogP contribution in [0, 0.1) is 0 Å². The van der Waals surface area contributed by atoms with E-state index >= 15 is 0 Å². The summed E-state index contributed by atoms with van der Waals surface area (Å²) in [7, 11) is 0. The predicted octanol–water partition coefficient (Wildman–Crippen LogP) is 3.93. The summed E-state index contributed by atoms with van der Waals surface area (Å²) in [6, 6.07) is 14.8. The van der Waals surface area contributed by atoms with Crippen LogP contribution in [0.1, 0.15) is 29.8 Å². The van der Waals surface area contributed by atoms with Gasteiger partial charge in [-0.1, -0.05) is 38.1 Å². The van der Waals surface area contributed by atoms with Gasteiger partial charge in [0.05, 0.1) is 12.2 Å². The van der Waals surface area contributed by atoms with Crippen LogP contribution in [0.25, 0.3) is 0 Å². The molecule has 0 aromatic heterocycles. The third-order valence-electron chi connectivity index (χ3n) is 2.86. The molecule has 0 radical (unpaired) electrons. The van der Waals surface area contributed by atoms with Crippen LogP contribution in [-0.4, -0.2) is 16.3 Å². The topological polar surface area (TPSA) is 49.3 Å². The van der Waals surface area contributed by atoms with Gasteiger partial charge >= 0.3 is 0 Å². The van der Waals surface area contributed by atoms with Crippen molar-refractivity contribution in [3.05, 3.63) is 59.7 Å². The molecule has 0 bridgehead atoms. The molecule has 0 fully saturated rings. The number of anilines is 1. The lowest BCUT2D eigenvalue weighted by atomic mass is 10.2. The summed E-state index contributed by atoms with van der Waals surface area (Å²) in [5.74, 6) is -0.131. The molecule has 0 aliphatic rings. The molecule has 0 atom stereocenters. The maximum Gasteiger partial charge on any atom is 0.256 e. The number of rotatable bonds is 5. The van der Waals surface area contributed by atoms with Crippen molar-refractivity contribution < 1.29 is 9.90 Å². The van der Waals surface area contributed by atoms with Gasteiger partial charge in [0.1, 0.15) is 0 Å². The summed E-state index contributed by atoms with van der Waals surface area (Å²) < 4.78 is 0. The summed E-state index contributed by atoms with van der Waals surface area (Å²) >= 11 is 1.67. The Morgan fingerprint density at radius 3 is 2.67 bits per heavy atom. The largest absolute Gasteiger partial charge is 0.392 e. The molecule has 1 amide bonds. The van der Waals surface area contributed by atoms with Crippen LogP contribution in [0.5, 0.6) is 0 Å². The normalized spacial score (nSPS) is 10.7. The van der Waals surface area contributed by atoms with Crippen LogP contribution in [0.2, 0.25) is 0 Å². The van der Waals surface area contributed by atoms with E-state index < -0.39 is 0 Å². The van der Waals surface area contributed by atoms with Crippen LogP contribution in [0.4, 0.5) is 5.69 Å². The van der Waals surface area contributed by atoms with E-state index in [9.17, 15) is 4.79 Å². The Labute approximate surface area is 129 Å². The number of thioether (sulfide) groups is 1. The monoisotopic (exact) mass is 301 g/mol. The van der Waals surface area contributed by atoms with Crippen LogP contribution in [0.15, 0.2) is 53.4 Å². The molecule has 21 heavy (non-hydrogen) atoms. The van der Waals surface area contributed by atoms with E-state index in [0.29, 0.717) is 16.5 Å². The van der Waals surface area contributed by atoms with Crippen molar-refractivity contribution in [1.29, 1.82) is 0 Å². The first-order valence-corrected chi connectivity index (χ1v) is 7.75. The maximum absolute atomic E-state index is 12.4. The van der Waals surface area contributed by atoms with E-state index in [2.05, 4.69) is 19.2 Å². The molecule has 2 rings (SSSR count). The summed E-state index contributed by atoms with van der Waals surface area (Å²) in [6.45, 7) is 4.16. The van der Waals surface area contributed by atoms with Crippen molar-refractivity contribution in [2.75, 3.05) is 5.32 Å². The second-order valence-corrected chi connectivity index (χ2v) is 6.59. The lowest BCUT2D eigenvalue weighted by molar-refractivity contribution is 0.102. The van der Waals surface area contributed by atoms with Crippen molar-refractivity contribution in [3.8, 4) is 0 Å². The standard InChI is InChI=1S/C17H19NO2S/c1-12(2)21-16-9-4-3-8-15(16)17(20)18-14-7-5-6-13(10-14)11-19/h3-10,12,19H,11H2,1-2H3,(H,18,20). The molecular weight excluding hydrogens is 282 g/mol. The Balaban J connectivity index is 2.20. The SMILES string of the molecule is CC(C)Sc1ccccc1C(=O)Nc1cccc(CO)c1. The number of benzene rings is 2. The molecule has 2 aromatic rings. The number of hydrogen-bond donors (Lipinski definition) is 2. The van der Waals surface area contributed by atoms with E-state index in [4.69, 9.17) is 5.11 Å². The maximum atomic E-state index is 12.4. The molecule has 0 saturated heterocycles. The second-order valence-electron chi connectivity index (χ2n) is 4.98. The smallest absolute Gasteiger partial charge is 0.256 e. The minimum absolute atomic E-state index is 0.0382. The van der Waals surface area contributed by atoms with E-state index in [0.717, 1.165) is 10.5 Å². The quantitative estimate of drug-likeness (QED) is 0.823. The number of aliphatic hydroxyl groups is 1. The summed E-state index contributed by atoms with van der Waals surface area (Å²) in [6.07, 6.45) is 0. The van der Waals surface area contributed by atoms with Gasteiger partial charge in [-0.2, -0.15) is 0 Å². The average Bonchev–Trinajstić information content (AvgIpc) is 2.47. The molecule has 3 nitrogen and oxygen atoms in total. The minimum Gasteiger partial charge on any atom is -0.392 e. The fourth-order valence-electron chi connectivity index (χ4n) is 1.96. The van der Waals surface area contributed by atoms with Crippen molar-refractivity contribution in [1.82, 2.24) is 0 Å². The van der Waals surface area contributed by atoms with E-state index in [-0.39, 0.29) is 12.5 Å². The molecule has 0 unspecified atom stereocenters. The third kappa shape index (κ3) is 4.34. The van der Waals surface area contributed by atoms with Crippen LogP contribution >= 0.6 is 11.8 Å². The van der Waals surface area contributed by atoms with Gasteiger partial charge in [0.15, 0.2) is 0 Å². The van der Waals surface area contributed by atoms with Gasteiger partial charge in [-0.3, -0.25) is 4.79 Å². The molecule has 110 valence electrons. The van der Waals surface area contributed by atoms with Gasteiger partial charge in [-0.25, -0.2) is 0 Å². The highest BCUT2D eigenvalue weighted by Crippen LogP contribution is 2.27. The van der Waals surface area contributed by atoms with Crippen molar-refractivity contribution in [2.45, 2.75) is 30.6 Å². The highest BCUT2D eigenvalue weighted by molar-refractivity contribution is 8.00. The van der Waals surface area contributed by atoms with Gasteiger partial charge in [0, 0.05) is 15.8 Å². The Morgan fingerprint density at radius 2 is 1.95 bits per heavy atom. The highest BCUT2D eigenvalue weighted by Gasteiger charge is 2.12. The molecule has 2 aromatic carbocycles. The lowest BCUT2D eigenvalue weighted by Crippen LogP contribution is -2.13. The van der Waals surface area contributed by atoms with Gasteiger partial charge in [0.2, 0.25) is 0 Å². The molecule has 0 spiro atoms.